The average Bonchev–Trinajstić information content (AvgIpc) is 3.13. The van der Waals surface area contributed by atoms with Crippen molar-refractivity contribution in [3.8, 4) is 28.5 Å². The molecule has 2 heterocycles. The SMILES string of the molecule is COc1ccccc1CCC(=O)N1CCCn2nc(-c3ccc(OC)c(OC)c3)cc2C1. The zero-order chi connectivity index (χ0) is 22.5. The molecule has 0 spiro atoms. The van der Waals surface area contributed by atoms with Crippen LogP contribution in [0.3, 0.4) is 0 Å². The van der Waals surface area contributed by atoms with E-state index < -0.39 is 0 Å². The van der Waals surface area contributed by atoms with Gasteiger partial charge in [-0.15, -0.1) is 0 Å². The first-order valence-corrected chi connectivity index (χ1v) is 10.8. The van der Waals surface area contributed by atoms with Crippen LogP contribution in [0.15, 0.2) is 48.5 Å². The van der Waals surface area contributed by atoms with Crippen molar-refractivity contribution in [3.63, 3.8) is 0 Å². The van der Waals surface area contributed by atoms with Crippen molar-refractivity contribution in [1.82, 2.24) is 14.7 Å². The fourth-order valence-electron chi connectivity index (χ4n) is 4.12. The number of para-hydroxylation sites is 1. The zero-order valence-corrected chi connectivity index (χ0v) is 18.8. The molecule has 0 bridgehead atoms. The van der Waals surface area contributed by atoms with Gasteiger partial charge in [0.05, 0.1) is 39.3 Å². The lowest BCUT2D eigenvalue weighted by Gasteiger charge is -2.20. The minimum atomic E-state index is 0.151. The van der Waals surface area contributed by atoms with E-state index in [1.807, 2.05) is 52.0 Å². The lowest BCUT2D eigenvalue weighted by molar-refractivity contribution is -0.131. The van der Waals surface area contributed by atoms with Crippen LogP contribution < -0.4 is 14.2 Å². The van der Waals surface area contributed by atoms with Crippen molar-refractivity contribution in [2.24, 2.45) is 0 Å². The van der Waals surface area contributed by atoms with Gasteiger partial charge >= 0.3 is 0 Å². The highest BCUT2D eigenvalue weighted by atomic mass is 16.5. The van der Waals surface area contributed by atoms with Crippen LogP contribution in [0, 0.1) is 0 Å². The summed E-state index contributed by atoms with van der Waals surface area (Å²) in [5, 5.41) is 4.79. The van der Waals surface area contributed by atoms with E-state index in [1.54, 1.807) is 21.3 Å². The first-order chi connectivity index (χ1) is 15.6. The molecule has 1 aliphatic heterocycles. The summed E-state index contributed by atoms with van der Waals surface area (Å²) < 4.78 is 18.2. The number of hydrogen-bond donors (Lipinski definition) is 0. The molecular formula is C25H29N3O4. The molecule has 1 aromatic heterocycles. The highest BCUT2D eigenvalue weighted by Crippen LogP contribution is 2.32. The predicted molar refractivity (Wildman–Crippen MR) is 122 cm³/mol. The summed E-state index contributed by atoms with van der Waals surface area (Å²) in [6.07, 6.45) is 1.99. The van der Waals surface area contributed by atoms with Gasteiger partial charge in [0.15, 0.2) is 11.5 Å². The second kappa shape index (κ2) is 9.77. The van der Waals surface area contributed by atoms with Gasteiger partial charge in [-0.2, -0.15) is 5.10 Å². The summed E-state index contributed by atoms with van der Waals surface area (Å²) >= 11 is 0. The van der Waals surface area contributed by atoms with Gasteiger partial charge in [-0.1, -0.05) is 18.2 Å². The highest BCUT2D eigenvalue weighted by molar-refractivity contribution is 5.76. The van der Waals surface area contributed by atoms with Crippen molar-refractivity contribution in [2.75, 3.05) is 27.9 Å². The van der Waals surface area contributed by atoms with E-state index in [0.29, 0.717) is 30.9 Å². The molecule has 0 saturated carbocycles. The molecule has 7 nitrogen and oxygen atoms in total. The molecule has 7 heteroatoms. The Morgan fingerprint density at radius 1 is 0.938 bits per heavy atom. The van der Waals surface area contributed by atoms with Crippen LogP contribution in [-0.4, -0.2) is 48.5 Å². The molecule has 1 amide bonds. The number of nitrogens with zero attached hydrogens (tertiary/aromatic N) is 3. The van der Waals surface area contributed by atoms with Crippen molar-refractivity contribution in [1.29, 1.82) is 0 Å². The molecule has 2 aromatic carbocycles. The minimum absolute atomic E-state index is 0.151. The third-order valence-electron chi connectivity index (χ3n) is 5.85. The van der Waals surface area contributed by atoms with Crippen LogP contribution in [0.25, 0.3) is 11.3 Å². The Labute approximate surface area is 188 Å². The summed E-state index contributed by atoms with van der Waals surface area (Å²) in [5.74, 6) is 2.33. The molecule has 32 heavy (non-hydrogen) atoms. The van der Waals surface area contributed by atoms with Crippen LogP contribution in [0.1, 0.15) is 24.1 Å². The van der Waals surface area contributed by atoms with Gasteiger partial charge in [0.2, 0.25) is 5.91 Å². The zero-order valence-electron chi connectivity index (χ0n) is 18.8. The van der Waals surface area contributed by atoms with E-state index in [9.17, 15) is 4.79 Å². The Balaban J connectivity index is 1.48. The molecule has 0 radical (unpaired) electrons. The maximum Gasteiger partial charge on any atom is 0.223 e. The second-order valence-corrected chi connectivity index (χ2v) is 7.79. The molecule has 0 atom stereocenters. The molecule has 0 aliphatic carbocycles. The average molecular weight is 436 g/mol. The third kappa shape index (κ3) is 4.56. The number of carbonyl (C=O) groups excluding carboxylic acids is 1. The van der Waals surface area contributed by atoms with E-state index in [-0.39, 0.29) is 5.91 Å². The summed E-state index contributed by atoms with van der Waals surface area (Å²) in [6, 6.07) is 15.7. The Kier molecular flexibility index (Phi) is 6.63. The number of fused-ring (bicyclic) bond motifs is 1. The number of rotatable bonds is 7. The molecule has 168 valence electrons. The van der Waals surface area contributed by atoms with Crippen molar-refractivity contribution < 1.29 is 19.0 Å². The normalized spacial score (nSPS) is 13.3. The molecular weight excluding hydrogens is 406 g/mol. The number of ether oxygens (including phenoxy) is 3. The molecule has 4 rings (SSSR count). The van der Waals surface area contributed by atoms with E-state index in [4.69, 9.17) is 19.3 Å². The quantitative estimate of drug-likeness (QED) is 0.562. The van der Waals surface area contributed by atoms with E-state index in [0.717, 1.165) is 47.8 Å². The van der Waals surface area contributed by atoms with Crippen LogP contribution in [0.5, 0.6) is 17.2 Å². The lowest BCUT2D eigenvalue weighted by atomic mass is 10.1. The Bertz CT molecular complexity index is 1090. The van der Waals surface area contributed by atoms with Crippen molar-refractivity contribution in [2.45, 2.75) is 32.4 Å². The number of hydrogen-bond acceptors (Lipinski definition) is 5. The number of aryl methyl sites for hydroxylation is 2. The minimum Gasteiger partial charge on any atom is -0.496 e. The maximum atomic E-state index is 13.0. The molecule has 0 N–H and O–H groups in total. The fraction of sp³-hybridized carbons (Fsp3) is 0.360. The topological polar surface area (TPSA) is 65.8 Å². The lowest BCUT2D eigenvalue weighted by Crippen LogP contribution is -2.30. The van der Waals surface area contributed by atoms with Gasteiger partial charge in [-0.3, -0.25) is 9.48 Å². The predicted octanol–water partition coefficient (Wildman–Crippen LogP) is 3.94. The van der Waals surface area contributed by atoms with E-state index in [2.05, 4.69) is 6.07 Å². The number of benzene rings is 2. The largest absolute Gasteiger partial charge is 0.496 e. The Hall–Kier alpha value is -3.48. The van der Waals surface area contributed by atoms with Gasteiger partial charge in [-0.05, 0) is 48.7 Å². The van der Waals surface area contributed by atoms with E-state index in [1.165, 1.54) is 0 Å². The van der Waals surface area contributed by atoms with Crippen molar-refractivity contribution >= 4 is 5.91 Å². The highest BCUT2D eigenvalue weighted by Gasteiger charge is 2.21. The maximum absolute atomic E-state index is 13.0. The molecule has 3 aromatic rings. The van der Waals surface area contributed by atoms with Crippen molar-refractivity contribution in [3.05, 3.63) is 59.8 Å². The molecule has 0 fully saturated rings. The Morgan fingerprint density at radius 2 is 1.72 bits per heavy atom. The third-order valence-corrected chi connectivity index (χ3v) is 5.85. The number of aromatic nitrogens is 2. The molecule has 0 unspecified atom stereocenters. The smallest absolute Gasteiger partial charge is 0.223 e. The number of amides is 1. The van der Waals surface area contributed by atoms with Gasteiger partial charge in [-0.25, -0.2) is 0 Å². The van der Waals surface area contributed by atoms with Gasteiger partial charge < -0.3 is 19.1 Å². The van der Waals surface area contributed by atoms with E-state index >= 15 is 0 Å². The number of methoxy groups -OCH3 is 3. The summed E-state index contributed by atoms with van der Waals surface area (Å²) in [5.41, 5.74) is 3.92. The van der Waals surface area contributed by atoms with Crippen LogP contribution in [0.2, 0.25) is 0 Å². The number of carbonyl (C=O) groups is 1. The summed E-state index contributed by atoms with van der Waals surface area (Å²) in [4.78, 5) is 14.9. The molecule has 1 aliphatic rings. The fourth-order valence-corrected chi connectivity index (χ4v) is 4.12. The van der Waals surface area contributed by atoms with Gasteiger partial charge in [0.25, 0.3) is 0 Å². The summed E-state index contributed by atoms with van der Waals surface area (Å²) in [7, 11) is 4.90. The van der Waals surface area contributed by atoms with Crippen LogP contribution >= 0.6 is 0 Å². The molecule has 0 saturated heterocycles. The first-order valence-electron chi connectivity index (χ1n) is 10.8. The second-order valence-electron chi connectivity index (χ2n) is 7.79. The summed E-state index contributed by atoms with van der Waals surface area (Å²) in [6.45, 7) is 2.09. The van der Waals surface area contributed by atoms with Gasteiger partial charge in [0.1, 0.15) is 5.75 Å². The van der Waals surface area contributed by atoms with Crippen LogP contribution in [-0.2, 0) is 24.3 Å². The Morgan fingerprint density at radius 3 is 2.50 bits per heavy atom. The van der Waals surface area contributed by atoms with Crippen LogP contribution in [0.4, 0.5) is 0 Å². The first kappa shape index (κ1) is 21.7. The standard InChI is InChI=1S/C25H29N3O4/c1-30-22-8-5-4-7-18(22)10-12-25(29)27-13-6-14-28-20(17-27)16-21(26-28)19-9-11-23(31-2)24(15-19)32-3/h4-5,7-9,11,15-16H,6,10,12-14,17H2,1-3H3. The monoisotopic (exact) mass is 435 g/mol. The van der Waals surface area contributed by atoms with Gasteiger partial charge in [0, 0.05) is 25.1 Å².